The van der Waals surface area contributed by atoms with Crippen LogP contribution in [0.5, 0.6) is 0 Å². The molecule has 0 N–H and O–H groups in total. The number of nitrogens with zero attached hydrogens (tertiary/aromatic N) is 5. The van der Waals surface area contributed by atoms with Crippen LogP contribution >= 0.6 is 0 Å². The van der Waals surface area contributed by atoms with E-state index < -0.39 is 5.60 Å². The van der Waals surface area contributed by atoms with Crippen molar-refractivity contribution in [2.45, 2.75) is 44.9 Å². The van der Waals surface area contributed by atoms with Gasteiger partial charge in [0.2, 0.25) is 0 Å². The molecule has 0 aliphatic carbocycles. The van der Waals surface area contributed by atoms with Gasteiger partial charge in [0.05, 0.1) is 23.6 Å². The van der Waals surface area contributed by atoms with E-state index in [1.54, 1.807) is 6.34 Å². The number of amides is 1. The minimum Gasteiger partial charge on any atom is -0.444 e. The minimum absolute atomic E-state index is 0.154. The maximum Gasteiger partial charge on any atom is 0.410 e. The summed E-state index contributed by atoms with van der Waals surface area (Å²) in [5, 5.41) is 9.48. The lowest BCUT2D eigenvalue weighted by molar-refractivity contribution is 0.0215. The average Bonchev–Trinajstić information content (AvgIpc) is 3.19. The number of ether oxygens (including phenoxy) is 1. The Labute approximate surface area is 160 Å². The highest BCUT2D eigenvalue weighted by molar-refractivity contribution is 5.72. The Morgan fingerprint density at radius 2 is 2.07 bits per heavy atom. The second-order valence-electron chi connectivity index (χ2n) is 8.35. The Hall–Kier alpha value is -2.75. The zero-order chi connectivity index (χ0) is 19.8. The largest absolute Gasteiger partial charge is 0.444 e. The fourth-order valence-corrected chi connectivity index (χ4v) is 3.61. The van der Waals surface area contributed by atoms with E-state index in [1.807, 2.05) is 62.9 Å². The maximum absolute atomic E-state index is 12.4. The molecule has 0 radical (unpaired) electrons. The Morgan fingerprint density at radius 1 is 1.33 bits per heavy atom. The first-order valence-electron chi connectivity index (χ1n) is 9.19. The van der Waals surface area contributed by atoms with Crippen molar-refractivity contribution in [3.05, 3.63) is 23.8 Å². The van der Waals surface area contributed by atoms with Gasteiger partial charge in [-0.15, -0.1) is 0 Å². The summed E-state index contributed by atoms with van der Waals surface area (Å²) in [6.45, 7) is 7.07. The van der Waals surface area contributed by atoms with Crippen molar-refractivity contribution in [1.82, 2.24) is 9.80 Å². The van der Waals surface area contributed by atoms with Crippen molar-refractivity contribution >= 4 is 23.8 Å². The molecule has 7 nitrogen and oxygen atoms in total. The molecule has 1 aromatic rings. The fraction of sp³-hybridized carbons (Fsp3) is 0.550. The third kappa shape index (κ3) is 4.16. The van der Waals surface area contributed by atoms with Crippen molar-refractivity contribution in [2.24, 2.45) is 4.99 Å². The quantitative estimate of drug-likeness (QED) is 0.605. The molecule has 1 aromatic carbocycles. The van der Waals surface area contributed by atoms with Gasteiger partial charge in [-0.3, -0.25) is 0 Å². The molecule has 27 heavy (non-hydrogen) atoms. The Kier molecular flexibility index (Phi) is 5.01. The van der Waals surface area contributed by atoms with Crippen molar-refractivity contribution in [3.63, 3.8) is 0 Å². The van der Waals surface area contributed by atoms with E-state index in [0.717, 1.165) is 18.7 Å². The lowest BCUT2D eigenvalue weighted by Gasteiger charge is -2.36. The molecule has 7 heteroatoms. The summed E-state index contributed by atoms with van der Waals surface area (Å²) in [6.07, 6.45) is 2.38. The molecule has 2 aliphatic rings. The lowest BCUT2D eigenvalue weighted by Crippen LogP contribution is -2.50. The molecule has 2 fully saturated rings. The third-order valence-corrected chi connectivity index (χ3v) is 4.73. The standard InChI is InChI=1S/C20H27N5O2/c1-20(2,3)27-19(26)25-12-16-9-17(25)11-24(16)15-6-7-18(14(8-15)10-21)22-13-23(4)5/h6-8,13,16-17H,9,11-12H2,1-5H3/t16-,17-/m0/s1. The molecule has 2 aliphatic heterocycles. The predicted molar refractivity (Wildman–Crippen MR) is 105 cm³/mol. The van der Waals surface area contributed by atoms with E-state index in [4.69, 9.17) is 4.74 Å². The summed E-state index contributed by atoms with van der Waals surface area (Å²) in [7, 11) is 3.78. The number of anilines is 1. The predicted octanol–water partition coefficient (Wildman–Crippen LogP) is 2.98. The first-order valence-corrected chi connectivity index (χ1v) is 9.19. The van der Waals surface area contributed by atoms with Gasteiger partial charge in [-0.05, 0) is 45.4 Å². The van der Waals surface area contributed by atoms with Crippen LogP contribution in [-0.2, 0) is 4.74 Å². The number of rotatable bonds is 3. The first-order chi connectivity index (χ1) is 12.7. The van der Waals surface area contributed by atoms with Gasteiger partial charge >= 0.3 is 6.09 Å². The number of nitriles is 1. The molecule has 0 spiro atoms. The van der Waals surface area contributed by atoms with Crippen molar-refractivity contribution < 1.29 is 9.53 Å². The number of hydrogen-bond acceptors (Lipinski definition) is 5. The van der Waals surface area contributed by atoms with Crippen LogP contribution < -0.4 is 4.90 Å². The van der Waals surface area contributed by atoms with Crippen LogP contribution in [0.25, 0.3) is 0 Å². The molecule has 0 aromatic heterocycles. The molecule has 2 saturated heterocycles. The van der Waals surface area contributed by atoms with Gasteiger partial charge in [0.25, 0.3) is 0 Å². The summed E-state index contributed by atoms with van der Waals surface area (Å²) >= 11 is 0. The Morgan fingerprint density at radius 3 is 2.63 bits per heavy atom. The van der Waals surface area contributed by atoms with Gasteiger partial charge in [0.15, 0.2) is 0 Å². The van der Waals surface area contributed by atoms with E-state index in [9.17, 15) is 10.1 Å². The maximum atomic E-state index is 12.4. The molecule has 2 atom stereocenters. The molecule has 3 rings (SSSR count). The van der Waals surface area contributed by atoms with Crippen LogP contribution in [0.2, 0.25) is 0 Å². The molecule has 2 bridgehead atoms. The smallest absolute Gasteiger partial charge is 0.410 e. The molecule has 144 valence electrons. The average molecular weight is 369 g/mol. The monoisotopic (exact) mass is 369 g/mol. The highest BCUT2D eigenvalue weighted by Gasteiger charge is 2.46. The van der Waals surface area contributed by atoms with Gasteiger partial charge in [0.1, 0.15) is 11.7 Å². The summed E-state index contributed by atoms with van der Waals surface area (Å²) < 4.78 is 5.52. The van der Waals surface area contributed by atoms with E-state index in [1.165, 1.54) is 0 Å². The normalized spacial score (nSPS) is 21.6. The summed E-state index contributed by atoms with van der Waals surface area (Å²) in [6, 6.07) is 8.42. The number of carbonyl (C=O) groups is 1. The van der Waals surface area contributed by atoms with Crippen LogP contribution in [0, 0.1) is 11.3 Å². The highest BCUT2D eigenvalue weighted by Crippen LogP contribution is 2.36. The fourth-order valence-electron chi connectivity index (χ4n) is 3.61. The number of hydrogen-bond donors (Lipinski definition) is 0. The topological polar surface area (TPSA) is 72.2 Å². The van der Waals surface area contributed by atoms with Gasteiger partial charge < -0.3 is 19.4 Å². The van der Waals surface area contributed by atoms with Crippen LogP contribution in [0.3, 0.4) is 0 Å². The zero-order valence-corrected chi connectivity index (χ0v) is 16.6. The molecule has 2 heterocycles. The summed E-state index contributed by atoms with van der Waals surface area (Å²) in [5.41, 5.74) is 1.74. The Bertz CT molecular complexity index is 791. The van der Waals surface area contributed by atoms with E-state index in [2.05, 4.69) is 16.0 Å². The van der Waals surface area contributed by atoms with Crippen molar-refractivity contribution in [1.29, 1.82) is 5.26 Å². The van der Waals surface area contributed by atoms with Gasteiger partial charge in [-0.25, -0.2) is 9.79 Å². The number of piperazine rings is 1. The highest BCUT2D eigenvalue weighted by atomic mass is 16.6. The second-order valence-corrected chi connectivity index (χ2v) is 8.35. The van der Waals surface area contributed by atoms with Crippen LogP contribution in [0.4, 0.5) is 16.2 Å². The summed E-state index contributed by atoms with van der Waals surface area (Å²) in [5.74, 6) is 0. The zero-order valence-electron chi connectivity index (χ0n) is 16.6. The van der Waals surface area contributed by atoms with E-state index >= 15 is 0 Å². The van der Waals surface area contributed by atoms with Crippen LogP contribution in [-0.4, -0.2) is 67.1 Å². The minimum atomic E-state index is -0.483. The number of benzene rings is 1. The number of fused-ring (bicyclic) bond motifs is 2. The summed E-state index contributed by atoms with van der Waals surface area (Å²) in [4.78, 5) is 22.7. The number of likely N-dealkylation sites (tertiary alicyclic amines) is 1. The molecular formula is C20H27N5O2. The SMILES string of the molecule is CN(C)C=Nc1ccc(N2C[C@@H]3C[C@H]2CN3C(=O)OC(C)(C)C)cc1C#N. The first kappa shape index (κ1) is 19.0. The molecule has 0 saturated carbocycles. The van der Waals surface area contributed by atoms with E-state index in [0.29, 0.717) is 17.8 Å². The van der Waals surface area contributed by atoms with Crippen molar-refractivity contribution in [2.75, 3.05) is 32.1 Å². The van der Waals surface area contributed by atoms with E-state index in [-0.39, 0.29) is 18.2 Å². The molecule has 0 unspecified atom stereocenters. The third-order valence-electron chi connectivity index (χ3n) is 4.73. The molecule has 1 amide bonds. The number of aliphatic imine (C=N–C) groups is 1. The van der Waals surface area contributed by atoms with Gasteiger partial charge in [-0.1, -0.05) is 0 Å². The Balaban J connectivity index is 1.72. The molecular weight excluding hydrogens is 342 g/mol. The lowest BCUT2D eigenvalue weighted by atomic mass is 10.1. The number of carbonyl (C=O) groups excluding carboxylic acids is 1. The second kappa shape index (κ2) is 7.10. The van der Waals surface area contributed by atoms with Gasteiger partial charge in [-0.2, -0.15) is 5.26 Å². The van der Waals surface area contributed by atoms with Gasteiger partial charge in [0, 0.05) is 38.9 Å². The van der Waals surface area contributed by atoms with Crippen LogP contribution in [0.1, 0.15) is 32.8 Å². The van der Waals surface area contributed by atoms with Crippen molar-refractivity contribution in [3.8, 4) is 6.07 Å². The van der Waals surface area contributed by atoms with Crippen LogP contribution in [0.15, 0.2) is 23.2 Å².